The van der Waals surface area contributed by atoms with Gasteiger partial charge < -0.3 is 5.32 Å². The largest absolute Gasteiger partial charge is 0.319 e. The van der Waals surface area contributed by atoms with Gasteiger partial charge in [-0.05, 0) is 59.2 Å². The zero-order valence-electron chi connectivity index (χ0n) is 10.7. The van der Waals surface area contributed by atoms with E-state index in [1.165, 1.54) is 5.56 Å². The molecule has 0 bridgehead atoms. The summed E-state index contributed by atoms with van der Waals surface area (Å²) < 4.78 is 1.00. The Kier molecular flexibility index (Phi) is 5.37. The number of likely N-dealkylation sites (N-methyl/N-ethyl adjacent to an activating group) is 1. The standard InChI is InChI=1S/C15H16BrClN2/c1-18-9-12(11-3-2-4-14(17)7-11)8-15-6-5-13(16)10-19-15/h2-7,10,12,18H,8-9H2,1H3. The highest BCUT2D eigenvalue weighted by Gasteiger charge is 2.12. The van der Waals surface area contributed by atoms with Gasteiger partial charge in [0.25, 0.3) is 0 Å². The molecule has 0 saturated carbocycles. The van der Waals surface area contributed by atoms with Crippen molar-refractivity contribution in [2.75, 3.05) is 13.6 Å². The molecule has 2 nitrogen and oxygen atoms in total. The Labute approximate surface area is 127 Å². The summed E-state index contributed by atoms with van der Waals surface area (Å²) in [6.07, 6.45) is 2.73. The van der Waals surface area contributed by atoms with E-state index < -0.39 is 0 Å². The Balaban J connectivity index is 2.18. The number of nitrogens with one attached hydrogen (secondary N) is 1. The third-order valence-corrected chi connectivity index (χ3v) is 3.72. The van der Waals surface area contributed by atoms with Crippen molar-refractivity contribution in [2.45, 2.75) is 12.3 Å². The molecule has 1 N–H and O–H groups in total. The quantitative estimate of drug-likeness (QED) is 0.889. The number of halogens is 2. The summed E-state index contributed by atoms with van der Waals surface area (Å²) in [5.41, 5.74) is 2.33. The van der Waals surface area contributed by atoms with Crippen LogP contribution in [0.1, 0.15) is 17.2 Å². The molecule has 2 rings (SSSR count). The van der Waals surface area contributed by atoms with Gasteiger partial charge in [-0.15, -0.1) is 0 Å². The van der Waals surface area contributed by atoms with Crippen LogP contribution in [0.15, 0.2) is 47.1 Å². The van der Waals surface area contributed by atoms with E-state index in [0.717, 1.165) is 28.2 Å². The summed E-state index contributed by atoms with van der Waals surface area (Å²) in [5.74, 6) is 0.373. The Morgan fingerprint density at radius 2 is 2.16 bits per heavy atom. The van der Waals surface area contributed by atoms with Gasteiger partial charge in [0.05, 0.1) is 0 Å². The smallest absolute Gasteiger partial charge is 0.0413 e. The zero-order chi connectivity index (χ0) is 13.7. The second-order valence-corrected chi connectivity index (χ2v) is 5.83. The molecule has 19 heavy (non-hydrogen) atoms. The van der Waals surface area contributed by atoms with Crippen LogP contribution in [0.5, 0.6) is 0 Å². The van der Waals surface area contributed by atoms with Gasteiger partial charge in [0.15, 0.2) is 0 Å². The molecule has 1 heterocycles. The van der Waals surface area contributed by atoms with Gasteiger partial charge in [-0.2, -0.15) is 0 Å². The fourth-order valence-corrected chi connectivity index (χ4v) is 2.53. The van der Waals surface area contributed by atoms with Gasteiger partial charge in [-0.25, -0.2) is 0 Å². The van der Waals surface area contributed by atoms with Crippen LogP contribution in [-0.2, 0) is 6.42 Å². The minimum atomic E-state index is 0.373. The molecular formula is C15H16BrClN2. The molecule has 0 saturated heterocycles. The van der Waals surface area contributed by atoms with E-state index in [1.807, 2.05) is 37.5 Å². The Morgan fingerprint density at radius 3 is 2.79 bits per heavy atom. The van der Waals surface area contributed by atoms with Crippen molar-refractivity contribution in [3.05, 3.63) is 63.3 Å². The van der Waals surface area contributed by atoms with E-state index in [2.05, 4.69) is 38.4 Å². The number of hydrogen-bond donors (Lipinski definition) is 1. The van der Waals surface area contributed by atoms with Crippen molar-refractivity contribution in [1.29, 1.82) is 0 Å². The zero-order valence-corrected chi connectivity index (χ0v) is 13.1. The number of hydrogen-bond acceptors (Lipinski definition) is 2. The van der Waals surface area contributed by atoms with Crippen molar-refractivity contribution < 1.29 is 0 Å². The van der Waals surface area contributed by atoms with Crippen LogP contribution in [0.4, 0.5) is 0 Å². The lowest BCUT2D eigenvalue weighted by atomic mass is 9.94. The summed E-state index contributed by atoms with van der Waals surface area (Å²) in [6, 6.07) is 12.1. The first-order valence-corrected chi connectivity index (χ1v) is 7.36. The van der Waals surface area contributed by atoms with Gasteiger partial charge in [0.1, 0.15) is 0 Å². The van der Waals surface area contributed by atoms with E-state index in [9.17, 15) is 0 Å². The Hall–Kier alpha value is -0.900. The lowest BCUT2D eigenvalue weighted by molar-refractivity contribution is 0.618. The fraction of sp³-hybridized carbons (Fsp3) is 0.267. The van der Waals surface area contributed by atoms with Crippen molar-refractivity contribution in [2.24, 2.45) is 0 Å². The molecule has 0 spiro atoms. The summed E-state index contributed by atoms with van der Waals surface area (Å²) >= 11 is 9.48. The maximum absolute atomic E-state index is 6.07. The molecule has 0 fully saturated rings. The van der Waals surface area contributed by atoms with Gasteiger partial charge in [-0.1, -0.05) is 23.7 Å². The number of nitrogens with zero attached hydrogens (tertiary/aromatic N) is 1. The van der Waals surface area contributed by atoms with Crippen LogP contribution >= 0.6 is 27.5 Å². The van der Waals surface area contributed by atoms with Crippen LogP contribution in [0.2, 0.25) is 5.02 Å². The first-order chi connectivity index (χ1) is 9.19. The van der Waals surface area contributed by atoms with Gasteiger partial charge in [0.2, 0.25) is 0 Å². The molecule has 2 aromatic rings. The van der Waals surface area contributed by atoms with Crippen LogP contribution in [0.3, 0.4) is 0 Å². The normalized spacial score (nSPS) is 12.4. The molecule has 1 unspecified atom stereocenters. The average molecular weight is 340 g/mol. The van der Waals surface area contributed by atoms with Crippen molar-refractivity contribution in [3.8, 4) is 0 Å². The first-order valence-electron chi connectivity index (χ1n) is 6.19. The third kappa shape index (κ3) is 4.30. The highest BCUT2D eigenvalue weighted by molar-refractivity contribution is 9.10. The molecule has 1 atom stereocenters. The summed E-state index contributed by atoms with van der Waals surface area (Å²) in [5, 5.41) is 4.02. The van der Waals surface area contributed by atoms with Crippen molar-refractivity contribution >= 4 is 27.5 Å². The predicted molar refractivity (Wildman–Crippen MR) is 83.8 cm³/mol. The van der Waals surface area contributed by atoms with Crippen molar-refractivity contribution in [1.82, 2.24) is 10.3 Å². The van der Waals surface area contributed by atoms with E-state index in [4.69, 9.17) is 11.6 Å². The number of benzene rings is 1. The molecule has 4 heteroatoms. The van der Waals surface area contributed by atoms with E-state index >= 15 is 0 Å². The van der Waals surface area contributed by atoms with Crippen LogP contribution < -0.4 is 5.32 Å². The maximum atomic E-state index is 6.07. The molecule has 100 valence electrons. The van der Waals surface area contributed by atoms with Crippen molar-refractivity contribution in [3.63, 3.8) is 0 Å². The number of aromatic nitrogens is 1. The summed E-state index contributed by atoms with van der Waals surface area (Å²) in [4.78, 5) is 4.44. The van der Waals surface area contributed by atoms with E-state index in [1.54, 1.807) is 0 Å². The first kappa shape index (κ1) is 14.5. The molecule has 1 aromatic heterocycles. The lowest BCUT2D eigenvalue weighted by Crippen LogP contribution is -2.19. The molecule has 0 radical (unpaired) electrons. The van der Waals surface area contributed by atoms with Crippen LogP contribution in [0, 0.1) is 0 Å². The lowest BCUT2D eigenvalue weighted by Gasteiger charge is -2.17. The highest BCUT2D eigenvalue weighted by Crippen LogP contribution is 2.23. The minimum absolute atomic E-state index is 0.373. The second kappa shape index (κ2) is 7.04. The fourth-order valence-electron chi connectivity index (χ4n) is 2.09. The molecule has 1 aromatic carbocycles. The molecule has 0 aliphatic rings. The molecule has 0 amide bonds. The number of rotatable bonds is 5. The van der Waals surface area contributed by atoms with Gasteiger partial charge in [-0.3, -0.25) is 4.98 Å². The Bertz CT molecular complexity index is 528. The molecular weight excluding hydrogens is 324 g/mol. The maximum Gasteiger partial charge on any atom is 0.0413 e. The van der Waals surface area contributed by atoms with Crippen LogP contribution in [0.25, 0.3) is 0 Å². The highest BCUT2D eigenvalue weighted by atomic mass is 79.9. The average Bonchev–Trinajstić information content (AvgIpc) is 2.41. The van der Waals surface area contributed by atoms with Gasteiger partial charge in [0, 0.05) is 33.8 Å². The molecule has 0 aliphatic heterocycles. The second-order valence-electron chi connectivity index (χ2n) is 4.48. The predicted octanol–water partition coefficient (Wildman–Crippen LogP) is 4.04. The summed E-state index contributed by atoms with van der Waals surface area (Å²) in [7, 11) is 1.96. The van der Waals surface area contributed by atoms with Crippen LogP contribution in [-0.4, -0.2) is 18.6 Å². The Morgan fingerprint density at radius 1 is 1.32 bits per heavy atom. The topological polar surface area (TPSA) is 24.9 Å². The minimum Gasteiger partial charge on any atom is -0.319 e. The number of pyridine rings is 1. The van der Waals surface area contributed by atoms with E-state index in [-0.39, 0.29) is 0 Å². The van der Waals surface area contributed by atoms with E-state index in [0.29, 0.717) is 5.92 Å². The third-order valence-electron chi connectivity index (χ3n) is 3.01. The SMILES string of the molecule is CNCC(Cc1ccc(Br)cn1)c1cccc(Cl)c1. The summed E-state index contributed by atoms with van der Waals surface area (Å²) in [6.45, 7) is 0.901. The van der Waals surface area contributed by atoms with Gasteiger partial charge >= 0.3 is 0 Å². The molecule has 0 aliphatic carbocycles. The monoisotopic (exact) mass is 338 g/mol.